The number of cyclic esters (lactones) is 1. The fourth-order valence-corrected chi connectivity index (χ4v) is 2.14. The Morgan fingerprint density at radius 3 is 2.63 bits per heavy atom. The van der Waals surface area contributed by atoms with E-state index in [9.17, 15) is 4.79 Å². The minimum atomic E-state index is -0.111. The van der Waals surface area contributed by atoms with Gasteiger partial charge in [0, 0.05) is 5.92 Å². The fraction of sp³-hybridized carbons (Fsp3) is 0.235. The largest absolute Gasteiger partial charge is 0.465 e. The summed E-state index contributed by atoms with van der Waals surface area (Å²) < 4.78 is 5.00. The molecule has 1 atom stereocenters. The number of carbonyl (C=O) groups excluding carboxylic acids is 1. The SMILES string of the molecule is C=C(C=CC(=CC)C1COC(=O)C1)c1ccccc1. The van der Waals surface area contributed by atoms with Crippen molar-refractivity contribution in [3.05, 3.63) is 66.3 Å². The molecule has 0 bridgehead atoms. The van der Waals surface area contributed by atoms with Crippen LogP contribution in [0.15, 0.2) is 60.7 Å². The lowest BCUT2D eigenvalue weighted by Crippen LogP contribution is -2.01. The molecular formula is C17H18O2. The van der Waals surface area contributed by atoms with E-state index < -0.39 is 0 Å². The normalized spacial score (nSPS) is 19.7. The van der Waals surface area contributed by atoms with E-state index in [1.54, 1.807) is 0 Å². The Balaban J connectivity index is 2.05. The second kappa shape index (κ2) is 6.19. The smallest absolute Gasteiger partial charge is 0.306 e. The van der Waals surface area contributed by atoms with E-state index in [2.05, 4.69) is 6.58 Å². The van der Waals surface area contributed by atoms with Crippen LogP contribution < -0.4 is 0 Å². The molecule has 98 valence electrons. The lowest BCUT2D eigenvalue weighted by molar-refractivity contribution is -0.137. The van der Waals surface area contributed by atoms with Crippen LogP contribution in [-0.2, 0) is 9.53 Å². The van der Waals surface area contributed by atoms with Crippen LogP contribution in [0.1, 0.15) is 18.9 Å². The third-order valence-electron chi connectivity index (χ3n) is 3.28. The van der Waals surface area contributed by atoms with Crippen molar-refractivity contribution >= 4 is 11.5 Å². The van der Waals surface area contributed by atoms with E-state index >= 15 is 0 Å². The molecule has 0 spiro atoms. The Kier molecular flexibility index (Phi) is 4.35. The van der Waals surface area contributed by atoms with Gasteiger partial charge in [-0.2, -0.15) is 0 Å². The zero-order chi connectivity index (χ0) is 13.7. The first-order chi connectivity index (χ1) is 9.20. The summed E-state index contributed by atoms with van der Waals surface area (Å²) in [4.78, 5) is 11.1. The van der Waals surface area contributed by atoms with Crippen molar-refractivity contribution in [1.82, 2.24) is 0 Å². The molecular weight excluding hydrogens is 236 g/mol. The second-order valence-electron chi connectivity index (χ2n) is 4.60. The van der Waals surface area contributed by atoms with Crippen molar-refractivity contribution in [3.8, 4) is 0 Å². The summed E-state index contributed by atoms with van der Waals surface area (Å²) in [5.74, 6) is 0.0666. The summed E-state index contributed by atoms with van der Waals surface area (Å²) in [6, 6.07) is 10.0. The predicted octanol–water partition coefficient (Wildman–Crippen LogP) is 3.77. The molecule has 0 amide bonds. The highest BCUT2D eigenvalue weighted by atomic mass is 16.5. The maximum Gasteiger partial charge on any atom is 0.306 e. The van der Waals surface area contributed by atoms with Gasteiger partial charge < -0.3 is 4.74 Å². The molecule has 1 saturated heterocycles. The average Bonchev–Trinajstić information content (AvgIpc) is 2.87. The number of hydrogen-bond acceptors (Lipinski definition) is 2. The van der Waals surface area contributed by atoms with E-state index in [0.29, 0.717) is 13.0 Å². The number of carbonyl (C=O) groups is 1. The highest BCUT2D eigenvalue weighted by Gasteiger charge is 2.25. The predicted molar refractivity (Wildman–Crippen MR) is 77.4 cm³/mol. The molecule has 1 aromatic rings. The van der Waals surface area contributed by atoms with Gasteiger partial charge in [0.1, 0.15) is 0 Å². The maximum absolute atomic E-state index is 11.1. The van der Waals surface area contributed by atoms with Gasteiger partial charge >= 0.3 is 5.97 Å². The highest BCUT2D eigenvalue weighted by molar-refractivity contribution is 5.74. The first-order valence-corrected chi connectivity index (χ1v) is 6.45. The summed E-state index contributed by atoms with van der Waals surface area (Å²) in [6.45, 7) is 6.53. The van der Waals surface area contributed by atoms with Crippen LogP contribution >= 0.6 is 0 Å². The van der Waals surface area contributed by atoms with Crippen molar-refractivity contribution in [2.24, 2.45) is 5.92 Å². The quantitative estimate of drug-likeness (QED) is 0.604. The number of esters is 1. The third-order valence-corrected chi connectivity index (χ3v) is 3.28. The van der Waals surface area contributed by atoms with Gasteiger partial charge in [-0.15, -0.1) is 0 Å². The molecule has 0 aromatic heterocycles. The van der Waals surface area contributed by atoms with E-state index in [1.165, 1.54) is 0 Å². The molecule has 0 saturated carbocycles. The average molecular weight is 254 g/mol. The van der Waals surface area contributed by atoms with Crippen molar-refractivity contribution in [3.63, 3.8) is 0 Å². The molecule has 0 N–H and O–H groups in total. The van der Waals surface area contributed by atoms with E-state index in [0.717, 1.165) is 16.7 Å². The topological polar surface area (TPSA) is 26.3 Å². The third kappa shape index (κ3) is 3.44. The van der Waals surface area contributed by atoms with Crippen LogP contribution in [0.2, 0.25) is 0 Å². The van der Waals surface area contributed by atoms with E-state index in [4.69, 9.17) is 4.74 Å². The number of hydrogen-bond donors (Lipinski definition) is 0. The van der Waals surface area contributed by atoms with Crippen LogP contribution in [0, 0.1) is 5.92 Å². The molecule has 1 aromatic carbocycles. The molecule has 2 heteroatoms. The van der Waals surface area contributed by atoms with Crippen LogP contribution in [0.3, 0.4) is 0 Å². The van der Waals surface area contributed by atoms with Crippen molar-refractivity contribution in [2.75, 3.05) is 6.61 Å². The molecule has 1 unspecified atom stereocenters. The minimum absolute atomic E-state index is 0.111. The maximum atomic E-state index is 11.1. The van der Waals surface area contributed by atoms with Gasteiger partial charge in [0.15, 0.2) is 0 Å². The molecule has 0 aliphatic carbocycles. The Bertz CT molecular complexity index is 523. The zero-order valence-electron chi connectivity index (χ0n) is 11.1. The van der Waals surface area contributed by atoms with Crippen LogP contribution in [0.5, 0.6) is 0 Å². The van der Waals surface area contributed by atoms with Crippen molar-refractivity contribution < 1.29 is 9.53 Å². The molecule has 1 fully saturated rings. The zero-order valence-corrected chi connectivity index (χ0v) is 11.1. The molecule has 1 aliphatic heterocycles. The Hall–Kier alpha value is -2.09. The van der Waals surface area contributed by atoms with E-state index in [1.807, 2.05) is 55.5 Å². The molecule has 0 radical (unpaired) electrons. The number of ether oxygens (including phenoxy) is 1. The van der Waals surface area contributed by atoms with Gasteiger partial charge in [0.2, 0.25) is 0 Å². The lowest BCUT2D eigenvalue weighted by atomic mass is 9.96. The summed E-state index contributed by atoms with van der Waals surface area (Å²) in [5, 5.41) is 0. The summed E-state index contributed by atoms with van der Waals surface area (Å²) in [6.07, 6.45) is 6.53. The monoisotopic (exact) mass is 254 g/mol. The van der Waals surface area contributed by atoms with Gasteiger partial charge in [-0.3, -0.25) is 4.79 Å². The molecule has 1 heterocycles. The number of rotatable bonds is 4. The van der Waals surface area contributed by atoms with Crippen LogP contribution in [0.25, 0.3) is 5.57 Å². The van der Waals surface area contributed by atoms with E-state index in [-0.39, 0.29) is 11.9 Å². The Labute approximate surface area is 114 Å². The first kappa shape index (κ1) is 13.3. The first-order valence-electron chi connectivity index (χ1n) is 6.45. The second-order valence-corrected chi connectivity index (χ2v) is 4.60. The van der Waals surface area contributed by atoms with Gasteiger partial charge in [-0.05, 0) is 23.6 Å². The Morgan fingerprint density at radius 2 is 2.05 bits per heavy atom. The van der Waals surface area contributed by atoms with Gasteiger partial charge in [-0.1, -0.05) is 55.1 Å². The molecule has 2 rings (SSSR count). The fourth-order valence-electron chi connectivity index (χ4n) is 2.14. The lowest BCUT2D eigenvalue weighted by Gasteiger charge is -2.07. The molecule has 1 aliphatic rings. The van der Waals surface area contributed by atoms with Crippen LogP contribution in [0.4, 0.5) is 0 Å². The number of benzene rings is 1. The Morgan fingerprint density at radius 1 is 1.32 bits per heavy atom. The molecule has 2 nitrogen and oxygen atoms in total. The van der Waals surface area contributed by atoms with Crippen molar-refractivity contribution in [2.45, 2.75) is 13.3 Å². The summed E-state index contributed by atoms with van der Waals surface area (Å²) in [7, 11) is 0. The molecule has 19 heavy (non-hydrogen) atoms. The highest BCUT2D eigenvalue weighted by Crippen LogP contribution is 2.24. The number of allylic oxidation sites excluding steroid dienone is 4. The standard InChI is InChI=1S/C17H18O2/c1-3-14(16-11-17(18)19-12-16)10-9-13(2)15-7-5-4-6-8-15/h3-10,16H,2,11-12H2,1H3. The van der Waals surface area contributed by atoms with Crippen molar-refractivity contribution in [1.29, 1.82) is 0 Å². The summed E-state index contributed by atoms with van der Waals surface area (Å²) >= 11 is 0. The van der Waals surface area contributed by atoms with Gasteiger partial charge in [0.25, 0.3) is 0 Å². The van der Waals surface area contributed by atoms with Crippen LogP contribution in [-0.4, -0.2) is 12.6 Å². The van der Waals surface area contributed by atoms with Gasteiger partial charge in [-0.25, -0.2) is 0 Å². The van der Waals surface area contributed by atoms with Gasteiger partial charge in [0.05, 0.1) is 13.0 Å². The minimum Gasteiger partial charge on any atom is -0.465 e. The summed E-state index contributed by atoms with van der Waals surface area (Å²) in [5.41, 5.74) is 3.20.